The van der Waals surface area contributed by atoms with Crippen LogP contribution in [0.25, 0.3) is 0 Å². The molecule has 1 atom stereocenters. The number of carbonyl (C=O) groups is 2. The highest BCUT2D eigenvalue weighted by Crippen LogP contribution is 2.05. The molecular weight excluding hydrogens is 232 g/mol. The van der Waals surface area contributed by atoms with Crippen LogP contribution in [0, 0.1) is 0 Å². The van der Waals surface area contributed by atoms with E-state index in [1.807, 2.05) is 13.8 Å². The lowest BCUT2D eigenvalue weighted by atomic mass is 10.2. The zero-order valence-corrected chi connectivity index (χ0v) is 11.9. The summed E-state index contributed by atoms with van der Waals surface area (Å²) in [6.07, 6.45) is 5.04. The first-order valence-electron chi connectivity index (χ1n) is 6.95. The molecule has 0 bridgehead atoms. The van der Waals surface area contributed by atoms with E-state index in [2.05, 4.69) is 6.92 Å². The van der Waals surface area contributed by atoms with Gasteiger partial charge >= 0.3 is 11.9 Å². The smallest absolute Gasteiger partial charge is 0.306 e. The second kappa shape index (κ2) is 11.1. The highest BCUT2D eigenvalue weighted by Gasteiger charge is 2.11. The third-order valence-corrected chi connectivity index (χ3v) is 2.57. The maximum atomic E-state index is 11.4. The van der Waals surface area contributed by atoms with Crippen LogP contribution in [-0.2, 0) is 19.1 Å². The van der Waals surface area contributed by atoms with E-state index in [-0.39, 0.29) is 30.9 Å². The van der Waals surface area contributed by atoms with Crippen molar-refractivity contribution in [1.29, 1.82) is 0 Å². The van der Waals surface area contributed by atoms with Gasteiger partial charge in [0.1, 0.15) is 0 Å². The van der Waals surface area contributed by atoms with E-state index in [9.17, 15) is 9.59 Å². The number of ether oxygens (including phenoxy) is 2. The van der Waals surface area contributed by atoms with E-state index >= 15 is 0 Å². The largest absolute Gasteiger partial charge is 0.466 e. The van der Waals surface area contributed by atoms with Gasteiger partial charge in [0.15, 0.2) is 0 Å². The molecule has 0 saturated heterocycles. The minimum Gasteiger partial charge on any atom is -0.466 e. The average Bonchev–Trinajstić information content (AvgIpc) is 2.32. The monoisotopic (exact) mass is 258 g/mol. The van der Waals surface area contributed by atoms with Crippen LogP contribution in [0.4, 0.5) is 0 Å². The lowest BCUT2D eigenvalue weighted by molar-refractivity contribution is -0.153. The van der Waals surface area contributed by atoms with Crippen molar-refractivity contribution < 1.29 is 19.1 Å². The predicted octanol–water partition coefficient (Wildman–Crippen LogP) is 3.23. The summed E-state index contributed by atoms with van der Waals surface area (Å²) in [6, 6.07) is 0. The third kappa shape index (κ3) is 10.1. The molecule has 0 saturated carbocycles. The van der Waals surface area contributed by atoms with Gasteiger partial charge in [-0.2, -0.15) is 0 Å². The van der Waals surface area contributed by atoms with Crippen LogP contribution < -0.4 is 0 Å². The van der Waals surface area contributed by atoms with Crippen molar-refractivity contribution in [2.45, 2.75) is 71.8 Å². The van der Waals surface area contributed by atoms with Crippen LogP contribution in [0.3, 0.4) is 0 Å². The molecule has 18 heavy (non-hydrogen) atoms. The maximum absolute atomic E-state index is 11.4. The molecule has 106 valence electrons. The zero-order chi connectivity index (χ0) is 13.8. The molecule has 0 N–H and O–H groups in total. The predicted molar refractivity (Wildman–Crippen MR) is 70.2 cm³/mol. The van der Waals surface area contributed by atoms with E-state index in [1.165, 1.54) is 0 Å². The Kier molecular flexibility index (Phi) is 10.4. The van der Waals surface area contributed by atoms with Crippen LogP contribution in [0.15, 0.2) is 0 Å². The SMILES string of the molecule is CCCCCOC(=O)CCC(=O)OC(C)CCC. The van der Waals surface area contributed by atoms with Crippen molar-refractivity contribution in [3.8, 4) is 0 Å². The van der Waals surface area contributed by atoms with Gasteiger partial charge in [0, 0.05) is 0 Å². The summed E-state index contributed by atoms with van der Waals surface area (Å²) in [6.45, 7) is 6.45. The fourth-order valence-corrected chi connectivity index (χ4v) is 1.56. The Morgan fingerprint density at radius 1 is 1.00 bits per heavy atom. The minimum absolute atomic E-state index is 0.0666. The first-order chi connectivity index (χ1) is 8.60. The summed E-state index contributed by atoms with van der Waals surface area (Å²) >= 11 is 0. The maximum Gasteiger partial charge on any atom is 0.306 e. The van der Waals surface area contributed by atoms with E-state index < -0.39 is 0 Å². The third-order valence-electron chi connectivity index (χ3n) is 2.57. The molecule has 0 radical (unpaired) electrons. The molecule has 0 aromatic carbocycles. The van der Waals surface area contributed by atoms with Gasteiger partial charge in [0.05, 0.1) is 25.6 Å². The summed E-state index contributed by atoms with van der Waals surface area (Å²) in [5.74, 6) is -0.632. The van der Waals surface area contributed by atoms with E-state index in [4.69, 9.17) is 9.47 Å². The highest BCUT2D eigenvalue weighted by atomic mass is 16.5. The number of unbranched alkanes of at least 4 members (excludes halogenated alkanes) is 2. The van der Waals surface area contributed by atoms with Gasteiger partial charge in [-0.25, -0.2) is 0 Å². The summed E-state index contributed by atoms with van der Waals surface area (Å²) < 4.78 is 10.1. The fraction of sp³-hybridized carbons (Fsp3) is 0.857. The molecule has 0 spiro atoms. The summed E-state index contributed by atoms with van der Waals surface area (Å²) in [7, 11) is 0. The van der Waals surface area contributed by atoms with Gasteiger partial charge in [-0.3, -0.25) is 9.59 Å². The summed E-state index contributed by atoms with van der Waals surface area (Å²) in [4.78, 5) is 22.7. The van der Waals surface area contributed by atoms with Gasteiger partial charge in [-0.1, -0.05) is 33.1 Å². The normalized spacial score (nSPS) is 11.9. The molecule has 0 aliphatic rings. The minimum atomic E-state index is -0.318. The number of esters is 2. The van der Waals surface area contributed by atoms with Gasteiger partial charge in [0.25, 0.3) is 0 Å². The summed E-state index contributed by atoms with van der Waals surface area (Å²) in [5.41, 5.74) is 0. The fourth-order valence-electron chi connectivity index (χ4n) is 1.56. The quantitative estimate of drug-likeness (QED) is 0.446. The van der Waals surface area contributed by atoms with Crippen LogP contribution >= 0.6 is 0 Å². The topological polar surface area (TPSA) is 52.6 Å². The Morgan fingerprint density at radius 2 is 1.67 bits per heavy atom. The Morgan fingerprint density at radius 3 is 2.28 bits per heavy atom. The van der Waals surface area contributed by atoms with Crippen molar-refractivity contribution in [3.63, 3.8) is 0 Å². The average molecular weight is 258 g/mol. The van der Waals surface area contributed by atoms with Gasteiger partial charge in [0.2, 0.25) is 0 Å². The number of carbonyl (C=O) groups excluding carboxylic acids is 2. The number of hydrogen-bond acceptors (Lipinski definition) is 4. The second-order valence-electron chi connectivity index (χ2n) is 4.52. The van der Waals surface area contributed by atoms with Gasteiger partial charge in [-0.15, -0.1) is 0 Å². The Balaban J connectivity index is 3.56. The van der Waals surface area contributed by atoms with Crippen molar-refractivity contribution in [2.24, 2.45) is 0 Å². The standard InChI is InChI=1S/C14H26O4/c1-4-6-7-11-17-13(15)9-10-14(16)18-12(3)8-5-2/h12H,4-11H2,1-3H3. The highest BCUT2D eigenvalue weighted by molar-refractivity contribution is 5.77. The van der Waals surface area contributed by atoms with Crippen molar-refractivity contribution in [2.75, 3.05) is 6.61 Å². The molecule has 0 fully saturated rings. The Hall–Kier alpha value is -1.06. The molecule has 0 aliphatic carbocycles. The van der Waals surface area contributed by atoms with Crippen LogP contribution in [0.1, 0.15) is 65.7 Å². The van der Waals surface area contributed by atoms with Gasteiger partial charge in [-0.05, 0) is 19.8 Å². The van der Waals surface area contributed by atoms with E-state index in [0.29, 0.717) is 6.61 Å². The lowest BCUT2D eigenvalue weighted by Gasteiger charge is -2.11. The van der Waals surface area contributed by atoms with Gasteiger partial charge < -0.3 is 9.47 Å². The number of hydrogen-bond donors (Lipinski definition) is 0. The molecule has 0 aromatic heterocycles. The summed E-state index contributed by atoms with van der Waals surface area (Å²) in [5, 5.41) is 0. The molecular formula is C14H26O4. The van der Waals surface area contributed by atoms with Crippen molar-refractivity contribution in [1.82, 2.24) is 0 Å². The molecule has 0 aromatic rings. The van der Waals surface area contributed by atoms with Crippen molar-refractivity contribution >= 4 is 11.9 Å². The lowest BCUT2D eigenvalue weighted by Crippen LogP contribution is -2.16. The van der Waals surface area contributed by atoms with Crippen LogP contribution in [0.2, 0.25) is 0 Å². The molecule has 4 heteroatoms. The van der Waals surface area contributed by atoms with Crippen LogP contribution in [-0.4, -0.2) is 24.6 Å². The Labute approximate surface area is 110 Å². The molecule has 4 nitrogen and oxygen atoms in total. The van der Waals surface area contributed by atoms with E-state index in [1.54, 1.807) is 0 Å². The molecule has 0 amide bonds. The first kappa shape index (κ1) is 16.9. The zero-order valence-electron chi connectivity index (χ0n) is 11.9. The van der Waals surface area contributed by atoms with Crippen molar-refractivity contribution in [3.05, 3.63) is 0 Å². The number of rotatable bonds is 10. The Bertz CT molecular complexity index is 238. The van der Waals surface area contributed by atoms with Crippen LogP contribution in [0.5, 0.6) is 0 Å². The second-order valence-corrected chi connectivity index (χ2v) is 4.52. The molecule has 0 rings (SSSR count). The first-order valence-corrected chi connectivity index (χ1v) is 6.95. The molecule has 0 heterocycles. The molecule has 1 unspecified atom stereocenters. The van der Waals surface area contributed by atoms with E-state index in [0.717, 1.165) is 32.1 Å². The molecule has 0 aliphatic heterocycles.